The summed E-state index contributed by atoms with van der Waals surface area (Å²) in [6.07, 6.45) is 0. The quantitative estimate of drug-likeness (QED) is 0.807. The van der Waals surface area contributed by atoms with E-state index in [4.69, 9.17) is 9.15 Å². The van der Waals surface area contributed by atoms with Gasteiger partial charge in [-0.3, -0.25) is 9.36 Å². The van der Waals surface area contributed by atoms with E-state index in [1.54, 1.807) is 38.4 Å². The van der Waals surface area contributed by atoms with Gasteiger partial charge in [-0.15, -0.1) is 0 Å². The molecular weight excluding hydrogens is 296 g/mol. The van der Waals surface area contributed by atoms with Crippen LogP contribution < -0.4 is 15.8 Å². The van der Waals surface area contributed by atoms with Crippen LogP contribution in [0.2, 0.25) is 0 Å². The van der Waals surface area contributed by atoms with Gasteiger partial charge in [0.15, 0.2) is 5.58 Å². The Labute approximate surface area is 132 Å². The summed E-state index contributed by atoms with van der Waals surface area (Å²) in [4.78, 5) is 24.0. The molecule has 0 unspecified atom stereocenters. The highest BCUT2D eigenvalue weighted by atomic mass is 16.5. The molecule has 23 heavy (non-hydrogen) atoms. The van der Waals surface area contributed by atoms with Crippen molar-refractivity contribution in [3.05, 3.63) is 58.1 Å². The van der Waals surface area contributed by atoms with Gasteiger partial charge in [-0.2, -0.15) is 0 Å². The van der Waals surface area contributed by atoms with Gasteiger partial charge in [0, 0.05) is 12.6 Å². The maximum Gasteiger partial charge on any atom is 0.419 e. The van der Waals surface area contributed by atoms with Gasteiger partial charge in [0.1, 0.15) is 5.75 Å². The van der Waals surface area contributed by atoms with Gasteiger partial charge in [0.25, 0.3) is 5.91 Å². The second-order valence-electron chi connectivity index (χ2n) is 5.27. The molecule has 6 nitrogen and oxygen atoms in total. The van der Waals surface area contributed by atoms with E-state index in [9.17, 15) is 9.59 Å². The highest BCUT2D eigenvalue weighted by Crippen LogP contribution is 2.26. The van der Waals surface area contributed by atoms with E-state index in [-0.39, 0.29) is 5.91 Å². The van der Waals surface area contributed by atoms with Crippen molar-refractivity contribution in [3.63, 3.8) is 0 Å². The topological polar surface area (TPSA) is 73.5 Å². The van der Waals surface area contributed by atoms with Crippen LogP contribution in [-0.2, 0) is 7.05 Å². The van der Waals surface area contributed by atoms with Gasteiger partial charge < -0.3 is 14.5 Å². The van der Waals surface area contributed by atoms with Gasteiger partial charge >= 0.3 is 5.76 Å². The summed E-state index contributed by atoms with van der Waals surface area (Å²) >= 11 is 0. The van der Waals surface area contributed by atoms with E-state index in [0.29, 0.717) is 28.1 Å². The SMILES string of the molecule is COc1ccc(C)cc1NC(=O)c1ccc2oc(=O)n(C)c2c1. The first-order valence-corrected chi connectivity index (χ1v) is 7.05. The van der Waals surface area contributed by atoms with Crippen molar-refractivity contribution in [3.8, 4) is 5.75 Å². The van der Waals surface area contributed by atoms with Crippen molar-refractivity contribution < 1.29 is 13.9 Å². The number of carbonyl (C=O) groups is 1. The number of rotatable bonds is 3. The van der Waals surface area contributed by atoms with Crippen LogP contribution in [0.3, 0.4) is 0 Å². The lowest BCUT2D eigenvalue weighted by molar-refractivity contribution is 0.102. The summed E-state index contributed by atoms with van der Waals surface area (Å²) in [6.45, 7) is 1.93. The third-order valence-electron chi connectivity index (χ3n) is 3.66. The molecule has 0 aliphatic rings. The summed E-state index contributed by atoms with van der Waals surface area (Å²) in [5.41, 5.74) is 3.05. The lowest BCUT2D eigenvalue weighted by Crippen LogP contribution is -2.13. The van der Waals surface area contributed by atoms with Gasteiger partial charge in [0.2, 0.25) is 0 Å². The number of aromatic nitrogens is 1. The molecule has 0 bridgehead atoms. The zero-order valence-corrected chi connectivity index (χ0v) is 13.0. The van der Waals surface area contributed by atoms with Crippen LogP contribution in [-0.4, -0.2) is 17.6 Å². The summed E-state index contributed by atoms with van der Waals surface area (Å²) in [6, 6.07) is 10.4. The number of anilines is 1. The Morgan fingerprint density at radius 2 is 2.00 bits per heavy atom. The summed E-state index contributed by atoms with van der Waals surface area (Å²) in [5.74, 6) is -0.164. The first kappa shape index (κ1) is 14.9. The second kappa shape index (κ2) is 5.64. The fourth-order valence-corrected chi connectivity index (χ4v) is 2.38. The molecule has 1 aromatic heterocycles. The first-order chi connectivity index (χ1) is 11.0. The van der Waals surface area contributed by atoms with E-state index in [1.165, 1.54) is 4.57 Å². The summed E-state index contributed by atoms with van der Waals surface area (Å²) < 4.78 is 11.7. The molecule has 3 rings (SSSR count). The Morgan fingerprint density at radius 3 is 2.74 bits per heavy atom. The minimum Gasteiger partial charge on any atom is -0.495 e. The lowest BCUT2D eigenvalue weighted by atomic mass is 10.1. The number of fused-ring (bicyclic) bond motifs is 1. The molecule has 0 fully saturated rings. The molecule has 1 N–H and O–H groups in total. The molecular formula is C17H16N2O4. The first-order valence-electron chi connectivity index (χ1n) is 7.05. The van der Waals surface area contributed by atoms with E-state index in [1.807, 2.05) is 19.1 Å². The molecule has 0 spiro atoms. The smallest absolute Gasteiger partial charge is 0.419 e. The highest BCUT2D eigenvalue weighted by Gasteiger charge is 2.13. The Kier molecular flexibility index (Phi) is 3.65. The number of benzene rings is 2. The number of oxazole rings is 1. The second-order valence-corrected chi connectivity index (χ2v) is 5.27. The molecule has 0 saturated carbocycles. The molecule has 3 aromatic rings. The number of methoxy groups -OCH3 is 1. The van der Waals surface area contributed by atoms with Crippen LogP contribution >= 0.6 is 0 Å². The van der Waals surface area contributed by atoms with E-state index in [0.717, 1.165) is 5.56 Å². The number of ether oxygens (including phenoxy) is 1. The highest BCUT2D eigenvalue weighted by molar-refractivity contribution is 6.06. The molecule has 6 heteroatoms. The minimum atomic E-state index is -0.460. The Hall–Kier alpha value is -3.02. The largest absolute Gasteiger partial charge is 0.495 e. The zero-order chi connectivity index (χ0) is 16.6. The molecule has 0 atom stereocenters. The number of aryl methyl sites for hydroxylation is 2. The number of hydrogen-bond acceptors (Lipinski definition) is 4. The molecule has 0 radical (unpaired) electrons. The molecule has 118 valence electrons. The number of carbonyl (C=O) groups excluding carboxylic acids is 1. The van der Waals surface area contributed by atoms with Crippen molar-refractivity contribution in [1.82, 2.24) is 4.57 Å². The van der Waals surface area contributed by atoms with Crippen LogP contribution in [0.1, 0.15) is 15.9 Å². The molecule has 1 heterocycles. The average Bonchev–Trinajstić information content (AvgIpc) is 2.82. The van der Waals surface area contributed by atoms with Crippen LogP contribution in [0.5, 0.6) is 5.75 Å². The van der Waals surface area contributed by atoms with Crippen LogP contribution in [0.4, 0.5) is 5.69 Å². The van der Waals surface area contributed by atoms with Gasteiger partial charge in [-0.1, -0.05) is 6.07 Å². The number of amides is 1. The summed E-state index contributed by atoms with van der Waals surface area (Å²) in [7, 11) is 3.15. The van der Waals surface area contributed by atoms with Crippen LogP contribution in [0.15, 0.2) is 45.6 Å². The predicted molar refractivity (Wildman–Crippen MR) is 87.1 cm³/mol. The van der Waals surface area contributed by atoms with Crippen molar-refractivity contribution in [2.24, 2.45) is 7.05 Å². The predicted octanol–water partition coefficient (Wildman–Crippen LogP) is 2.70. The van der Waals surface area contributed by atoms with Crippen molar-refractivity contribution in [2.45, 2.75) is 6.92 Å². The molecule has 1 amide bonds. The maximum atomic E-state index is 12.5. The number of nitrogens with one attached hydrogen (secondary N) is 1. The van der Waals surface area contributed by atoms with Crippen LogP contribution in [0.25, 0.3) is 11.1 Å². The van der Waals surface area contributed by atoms with E-state index >= 15 is 0 Å². The monoisotopic (exact) mass is 312 g/mol. The Morgan fingerprint density at radius 1 is 1.22 bits per heavy atom. The Balaban J connectivity index is 1.96. The van der Waals surface area contributed by atoms with Crippen molar-refractivity contribution >= 4 is 22.7 Å². The summed E-state index contributed by atoms with van der Waals surface area (Å²) in [5, 5.41) is 2.83. The number of hydrogen-bond donors (Lipinski definition) is 1. The third kappa shape index (κ3) is 2.70. The average molecular weight is 312 g/mol. The molecule has 2 aromatic carbocycles. The third-order valence-corrected chi connectivity index (χ3v) is 3.66. The maximum absolute atomic E-state index is 12.5. The molecule has 0 saturated heterocycles. The molecule has 0 aliphatic carbocycles. The van der Waals surface area contributed by atoms with Crippen molar-refractivity contribution in [1.29, 1.82) is 0 Å². The fourth-order valence-electron chi connectivity index (χ4n) is 2.38. The van der Waals surface area contributed by atoms with Gasteiger partial charge in [-0.05, 0) is 42.8 Å². The van der Waals surface area contributed by atoms with Crippen molar-refractivity contribution in [2.75, 3.05) is 12.4 Å². The van der Waals surface area contributed by atoms with E-state index < -0.39 is 5.76 Å². The van der Waals surface area contributed by atoms with Gasteiger partial charge in [0.05, 0.1) is 18.3 Å². The van der Waals surface area contributed by atoms with Crippen LogP contribution in [0, 0.1) is 6.92 Å². The normalized spacial score (nSPS) is 10.7. The minimum absolute atomic E-state index is 0.288. The fraction of sp³-hybridized carbons (Fsp3) is 0.176. The number of nitrogens with zero attached hydrogens (tertiary/aromatic N) is 1. The molecule has 0 aliphatic heterocycles. The van der Waals surface area contributed by atoms with Gasteiger partial charge in [-0.25, -0.2) is 4.79 Å². The standard InChI is InChI=1S/C17H16N2O4/c1-10-4-6-14(22-3)12(8-10)18-16(20)11-5-7-15-13(9-11)19(2)17(21)23-15/h4-9H,1-3H3,(H,18,20). The zero-order valence-electron chi connectivity index (χ0n) is 13.0. The van der Waals surface area contributed by atoms with E-state index in [2.05, 4.69) is 5.32 Å². The Bertz CT molecular complexity index is 953. The lowest BCUT2D eigenvalue weighted by Gasteiger charge is -2.11.